The van der Waals surface area contributed by atoms with Crippen LogP contribution in [0.25, 0.3) is 55.6 Å². The topological polar surface area (TPSA) is 24.1 Å². The van der Waals surface area contributed by atoms with E-state index in [4.69, 9.17) is 0 Å². The fourth-order valence-electron chi connectivity index (χ4n) is 7.10. The van der Waals surface area contributed by atoms with Crippen molar-refractivity contribution in [3.05, 3.63) is 279 Å². The van der Waals surface area contributed by atoms with E-state index < -0.39 is 0 Å². The molecule has 0 spiro atoms. The first kappa shape index (κ1) is 40.6. The van der Waals surface area contributed by atoms with Crippen LogP contribution in [-0.4, -0.2) is 0 Å². The molecule has 2 heteroatoms. The molecule has 298 valence electrons. The Labute approximate surface area is 366 Å². The van der Waals surface area contributed by atoms with Gasteiger partial charge in [-0.25, -0.2) is 0 Å². The van der Waals surface area contributed by atoms with Gasteiger partial charge in [0.15, 0.2) is 0 Å². The number of benzene rings is 10. The second-order valence-corrected chi connectivity index (χ2v) is 14.8. The molecule has 2 N–H and O–H groups in total. The lowest BCUT2D eigenvalue weighted by atomic mass is 10.0. The van der Waals surface area contributed by atoms with E-state index in [0.717, 1.165) is 22.7 Å². The lowest BCUT2D eigenvalue weighted by molar-refractivity contribution is 1.52. The summed E-state index contributed by atoms with van der Waals surface area (Å²) in [7, 11) is 0. The molecule has 0 amide bonds. The fraction of sp³-hybridized carbons (Fsp3) is 0. The van der Waals surface area contributed by atoms with E-state index in [2.05, 4.69) is 241 Å². The zero-order valence-electron chi connectivity index (χ0n) is 34.6. The van der Waals surface area contributed by atoms with Crippen LogP contribution in [0.1, 0.15) is 0 Å². The second kappa shape index (κ2) is 21.2. The Morgan fingerprint density at radius 1 is 0.129 bits per heavy atom. The van der Waals surface area contributed by atoms with Crippen LogP contribution >= 0.6 is 0 Å². The first-order valence-corrected chi connectivity index (χ1v) is 21.0. The summed E-state index contributed by atoms with van der Waals surface area (Å²) in [6, 6.07) is 96.7. The Balaban J connectivity index is 0.000000147. The third-order valence-electron chi connectivity index (χ3n) is 10.4. The van der Waals surface area contributed by atoms with Crippen LogP contribution < -0.4 is 10.6 Å². The van der Waals surface area contributed by atoms with Crippen molar-refractivity contribution in [3.63, 3.8) is 0 Å². The maximum atomic E-state index is 3.49. The summed E-state index contributed by atoms with van der Waals surface area (Å²) in [5, 5.41) is 6.91. The first-order chi connectivity index (χ1) is 30.7. The average Bonchev–Trinajstić information content (AvgIpc) is 3.37. The van der Waals surface area contributed by atoms with E-state index in [-0.39, 0.29) is 0 Å². The highest BCUT2D eigenvalue weighted by atomic mass is 14.9. The van der Waals surface area contributed by atoms with Gasteiger partial charge in [0.1, 0.15) is 0 Å². The van der Waals surface area contributed by atoms with E-state index in [1.54, 1.807) is 0 Å². The molecule has 0 unspecified atom stereocenters. The van der Waals surface area contributed by atoms with Gasteiger partial charge in [0.2, 0.25) is 0 Å². The largest absolute Gasteiger partial charge is 0.356 e. The highest BCUT2D eigenvalue weighted by Crippen LogP contribution is 2.28. The highest BCUT2D eigenvalue weighted by molar-refractivity contribution is 5.73. The summed E-state index contributed by atoms with van der Waals surface area (Å²) < 4.78 is 0. The van der Waals surface area contributed by atoms with Gasteiger partial charge in [-0.05, 0) is 104 Å². The molecule has 0 bridgehead atoms. The summed E-state index contributed by atoms with van der Waals surface area (Å²) >= 11 is 0. The van der Waals surface area contributed by atoms with E-state index in [1.165, 1.54) is 55.6 Å². The van der Waals surface area contributed by atoms with Crippen LogP contribution in [0.5, 0.6) is 0 Å². The first-order valence-electron chi connectivity index (χ1n) is 21.0. The second-order valence-electron chi connectivity index (χ2n) is 14.8. The van der Waals surface area contributed by atoms with Gasteiger partial charge < -0.3 is 10.6 Å². The Morgan fingerprint density at radius 2 is 0.274 bits per heavy atom. The third-order valence-corrected chi connectivity index (χ3v) is 10.4. The van der Waals surface area contributed by atoms with Gasteiger partial charge in [-0.15, -0.1) is 0 Å². The molecule has 0 saturated heterocycles. The number of anilines is 4. The number of rotatable bonds is 9. The van der Waals surface area contributed by atoms with Crippen molar-refractivity contribution in [1.82, 2.24) is 0 Å². The molecule has 0 aliphatic heterocycles. The molecule has 0 radical (unpaired) electrons. The van der Waals surface area contributed by atoms with E-state index in [1.807, 2.05) is 48.5 Å². The van der Waals surface area contributed by atoms with E-state index >= 15 is 0 Å². The van der Waals surface area contributed by atoms with Crippen LogP contribution in [0.2, 0.25) is 0 Å². The fourth-order valence-corrected chi connectivity index (χ4v) is 7.10. The van der Waals surface area contributed by atoms with Crippen molar-refractivity contribution in [3.8, 4) is 55.6 Å². The van der Waals surface area contributed by atoms with Gasteiger partial charge in [-0.1, -0.05) is 231 Å². The summed E-state index contributed by atoms with van der Waals surface area (Å²) in [6.07, 6.45) is 0. The van der Waals surface area contributed by atoms with Crippen LogP contribution in [0, 0.1) is 0 Å². The van der Waals surface area contributed by atoms with Crippen molar-refractivity contribution in [2.75, 3.05) is 10.6 Å². The van der Waals surface area contributed by atoms with Crippen LogP contribution in [-0.2, 0) is 0 Å². The predicted molar refractivity (Wildman–Crippen MR) is 266 cm³/mol. The quantitative estimate of drug-likeness (QED) is 0.152. The molecule has 62 heavy (non-hydrogen) atoms. The van der Waals surface area contributed by atoms with Crippen molar-refractivity contribution in [2.45, 2.75) is 0 Å². The normalized spacial score (nSPS) is 10.3. The third kappa shape index (κ3) is 11.5. The predicted octanol–water partition coefficient (Wildman–Crippen LogP) is 16.9. The van der Waals surface area contributed by atoms with Crippen molar-refractivity contribution in [2.24, 2.45) is 0 Å². The molecule has 10 aromatic carbocycles. The molecule has 0 atom stereocenters. The summed E-state index contributed by atoms with van der Waals surface area (Å²) in [6.45, 7) is 0. The molecule has 0 aliphatic rings. The van der Waals surface area contributed by atoms with Gasteiger partial charge >= 0.3 is 0 Å². The summed E-state index contributed by atoms with van der Waals surface area (Å²) in [5.74, 6) is 0. The molecule has 0 saturated carbocycles. The van der Waals surface area contributed by atoms with Crippen LogP contribution in [0.4, 0.5) is 22.7 Å². The van der Waals surface area contributed by atoms with Gasteiger partial charge in [0.25, 0.3) is 0 Å². The molecular weight excluding hydrogens is 749 g/mol. The van der Waals surface area contributed by atoms with Crippen molar-refractivity contribution < 1.29 is 0 Å². The van der Waals surface area contributed by atoms with Crippen molar-refractivity contribution in [1.29, 1.82) is 0 Å². The SMILES string of the molecule is c1ccc(-c2ccc(-c3ccccc3)cc2)cc1.c1ccc(-c2ccccc2)cc1.c1ccc(Nc2ccc(-c3ccc(Nc4ccc(-c5ccccc5)cc4)cc3)cc2)cc1. The zero-order valence-corrected chi connectivity index (χ0v) is 34.6. The average molecular weight is 797 g/mol. The molecule has 0 fully saturated rings. The number of hydrogen-bond acceptors (Lipinski definition) is 2. The maximum absolute atomic E-state index is 3.49. The number of para-hydroxylation sites is 1. The molecular formula is C60H48N2. The monoisotopic (exact) mass is 796 g/mol. The molecule has 0 aliphatic carbocycles. The van der Waals surface area contributed by atoms with Crippen LogP contribution in [0.15, 0.2) is 279 Å². The molecule has 10 rings (SSSR count). The van der Waals surface area contributed by atoms with Crippen LogP contribution in [0.3, 0.4) is 0 Å². The molecule has 2 nitrogen and oxygen atoms in total. The minimum Gasteiger partial charge on any atom is -0.356 e. The molecule has 10 aromatic rings. The van der Waals surface area contributed by atoms with Gasteiger partial charge in [-0.2, -0.15) is 0 Å². The minimum absolute atomic E-state index is 1.07. The smallest absolute Gasteiger partial charge is 0.0384 e. The van der Waals surface area contributed by atoms with E-state index in [9.17, 15) is 0 Å². The number of nitrogens with one attached hydrogen (secondary N) is 2. The minimum atomic E-state index is 1.07. The Morgan fingerprint density at radius 3 is 0.484 bits per heavy atom. The lowest BCUT2D eigenvalue weighted by Crippen LogP contribution is -1.91. The number of hydrogen-bond donors (Lipinski definition) is 2. The maximum Gasteiger partial charge on any atom is 0.0384 e. The lowest BCUT2D eigenvalue weighted by Gasteiger charge is -2.10. The Bertz CT molecular complexity index is 2700. The Kier molecular flexibility index (Phi) is 13.9. The zero-order chi connectivity index (χ0) is 42.0. The highest BCUT2D eigenvalue weighted by Gasteiger charge is 2.03. The van der Waals surface area contributed by atoms with Crippen molar-refractivity contribution >= 4 is 22.7 Å². The summed E-state index contributed by atoms with van der Waals surface area (Å²) in [5.41, 5.74) is 16.8. The summed E-state index contributed by atoms with van der Waals surface area (Å²) in [4.78, 5) is 0. The van der Waals surface area contributed by atoms with Gasteiger partial charge in [0, 0.05) is 22.7 Å². The Hall–Kier alpha value is -8.20. The van der Waals surface area contributed by atoms with Gasteiger partial charge in [-0.3, -0.25) is 0 Å². The standard InChI is InChI=1S/C30H24N2.C18H14.C12H10/c1-3-7-23(8-4-1)24-11-17-29(18-12-24)32-30-21-15-26(16-22-30)25-13-19-28(20-14-25)31-27-9-5-2-6-10-27;1-3-7-15(8-4-1)17-11-13-18(14-12-17)16-9-5-2-6-10-16;1-3-7-11(8-4-1)12-9-5-2-6-10-12/h1-22,31-32H;1-14H;1-10H. The van der Waals surface area contributed by atoms with E-state index in [0.29, 0.717) is 0 Å². The molecule has 0 heterocycles. The van der Waals surface area contributed by atoms with Gasteiger partial charge in [0.05, 0.1) is 0 Å². The molecule has 0 aromatic heterocycles.